The molecule has 3 atom stereocenters. The molecule has 0 spiro atoms. The fourth-order valence-electron chi connectivity index (χ4n) is 7.14. The van der Waals surface area contributed by atoms with Crippen molar-refractivity contribution in [1.29, 1.82) is 5.26 Å². The number of aryl methyl sites for hydroxylation is 1. The number of nitrogens with zero attached hydrogens (tertiary/aromatic N) is 8. The first-order chi connectivity index (χ1) is 20.8. The van der Waals surface area contributed by atoms with Gasteiger partial charge in [0.1, 0.15) is 11.6 Å². The van der Waals surface area contributed by atoms with Crippen molar-refractivity contribution < 1.29 is 14.0 Å². The number of aromatic nitrogens is 2. The van der Waals surface area contributed by atoms with Crippen molar-refractivity contribution in [1.82, 2.24) is 19.8 Å². The van der Waals surface area contributed by atoms with E-state index in [0.29, 0.717) is 69.4 Å². The molecule has 1 aliphatic carbocycles. The monoisotopic (exact) mass is 586 g/mol. The lowest BCUT2D eigenvalue weighted by atomic mass is 9.88. The van der Waals surface area contributed by atoms with Crippen LogP contribution in [0.2, 0.25) is 0 Å². The molecule has 43 heavy (non-hydrogen) atoms. The summed E-state index contributed by atoms with van der Waals surface area (Å²) in [5, 5.41) is 9.53. The molecule has 2 aromatic rings. The van der Waals surface area contributed by atoms with Crippen LogP contribution in [-0.4, -0.2) is 96.5 Å². The third-order valence-corrected chi connectivity index (χ3v) is 9.51. The first-order valence-electron chi connectivity index (χ1n) is 15.2. The fourth-order valence-corrected chi connectivity index (χ4v) is 7.14. The standard InChI is InChI=1S/C32H39FN8O2/c1-4-29(42)40-16-15-38(20-25(40)11-13-34)31-26-9-8-23(41-28-17-22(33)7-5-21(28)6-10-30(41)43)18-27(26)35-32(36-31)39-14-12-24(19-39)37(2)3/h4-5,7,17,23-25H,1,6,8-12,14-16,18-20H2,2-3H3/t23-,24+,25+/m1/s1. The van der Waals surface area contributed by atoms with Crippen molar-refractivity contribution in [2.24, 2.45) is 0 Å². The third kappa shape index (κ3) is 5.56. The maximum absolute atomic E-state index is 14.3. The van der Waals surface area contributed by atoms with E-state index in [1.807, 2.05) is 4.90 Å². The molecule has 0 unspecified atom stereocenters. The molecule has 2 fully saturated rings. The van der Waals surface area contributed by atoms with Crippen LogP contribution in [-0.2, 0) is 28.9 Å². The second-order valence-corrected chi connectivity index (χ2v) is 12.3. The summed E-state index contributed by atoms with van der Waals surface area (Å²) in [6, 6.07) is 7.01. The fraction of sp³-hybridized carbons (Fsp3) is 0.531. The number of hydrogen-bond acceptors (Lipinski definition) is 8. The number of amides is 2. The van der Waals surface area contributed by atoms with E-state index in [2.05, 4.69) is 41.4 Å². The number of carbonyl (C=O) groups excluding carboxylic acids is 2. The normalized spacial score (nSPS) is 23.7. The average Bonchev–Trinajstić information content (AvgIpc) is 3.51. The molecule has 226 valence electrons. The number of carbonyl (C=O) groups is 2. The van der Waals surface area contributed by atoms with Gasteiger partial charge in [-0.25, -0.2) is 9.37 Å². The van der Waals surface area contributed by atoms with Gasteiger partial charge >= 0.3 is 0 Å². The Balaban J connectivity index is 1.36. The van der Waals surface area contributed by atoms with Gasteiger partial charge in [-0.3, -0.25) is 9.59 Å². The Labute approximate surface area is 252 Å². The van der Waals surface area contributed by atoms with E-state index in [9.17, 15) is 19.2 Å². The smallest absolute Gasteiger partial charge is 0.246 e. The van der Waals surface area contributed by atoms with Gasteiger partial charge in [-0.15, -0.1) is 0 Å². The van der Waals surface area contributed by atoms with Crippen molar-refractivity contribution in [3.8, 4) is 6.07 Å². The van der Waals surface area contributed by atoms with Crippen LogP contribution in [0.25, 0.3) is 0 Å². The summed E-state index contributed by atoms with van der Waals surface area (Å²) in [5.41, 5.74) is 3.65. The molecular weight excluding hydrogens is 547 g/mol. The van der Waals surface area contributed by atoms with Crippen LogP contribution in [0.3, 0.4) is 0 Å². The maximum atomic E-state index is 14.3. The molecule has 0 bridgehead atoms. The summed E-state index contributed by atoms with van der Waals surface area (Å²) in [5.74, 6) is 1.06. The summed E-state index contributed by atoms with van der Waals surface area (Å²) in [6.45, 7) is 6.88. The highest BCUT2D eigenvalue weighted by Crippen LogP contribution is 2.38. The van der Waals surface area contributed by atoms with E-state index in [-0.39, 0.29) is 36.1 Å². The van der Waals surface area contributed by atoms with Gasteiger partial charge in [0, 0.05) is 63.2 Å². The van der Waals surface area contributed by atoms with Gasteiger partial charge in [-0.1, -0.05) is 12.6 Å². The van der Waals surface area contributed by atoms with Gasteiger partial charge in [-0.05, 0) is 63.6 Å². The molecule has 1 aromatic carbocycles. The molecule has 6 rings (SSSR count). The van der Waals surface area contributed by atoms with Gasteiger partial charge in [0.25, 0.3) is 0 Å². The number of rotatable bonds is 6. The lowest BCUT2D eigenvalue weighted by Gasteiger charge is -2.43. The zero-order valence-electron chi connectivity index (χ0n) is 25.0. The zero-order valence-corrected chi connectivity index (χ0v) is 25.0. The van der Waals surface area contributed by atoms with Crippen molar-refractivity contribution in [2.45, 2.75) is 63.1 Å². The first-order valence-corrected chi connectivity index (χ1v) is 15.2. The quantitative estimate of drug-likeness (QED) is 0.477. The predicted octanol–water partition coefficient (Wildman–Crippen LogP) is 2.71. The molecule has 3 aliphatic heterocycles. The molecule has 2 saturated heterocycles. The number of anilines is 3. The summed E-state index contributed by atoms with van der Waals surface area (Å²) in [6.07, 6.45) is 5.54. The number of hydrogen-bond donors (Lipinski definition) is 0. The Bertz CT molecular complexity index is 1470. The number of likely N-dealkylation sites (N-methyl/N-ethyl adjacent to an activating group) is 1. The topological polar surface area (TPSA) is 99.9 Å². The first kappa shape index (κ1) is 29.1. The summed E-state index contributed by atoms with van der Waals surface area (Å²) in [4.78, 5) is 46.3. The number of benzene rings is 1. The highest BCUT2D eigenvalue weighted by molar-refractivity contribution is 5.97. The number of piperazine rings is 1. The number of fused-ring (bicyclic) bond motifs is 2. The van der Waals surface area contributed by atoms with Gasteiger partial charge in [0.15, 0.2) is 0 Å². The Morgan fingerprint density at radius 3 is 2.72 bits per heavy atom. The highest BCUT2D eigenvalue weighted by Gasteiger charge is 2.38. The Morgan fingerprint density at radius 2 is 1.98 bits per heavy atom. The van der Waals surface area contributed by atoms with Gasteiger partial charge in [0.05, 0.1) is 29.9 Å². The SMILES string of the molecule is C=CC(=O)N1CCN(c2nc(N3CC[C@H](N(C)C)C3)nc3c2CC[C@@H](N2C(=O)CCc4ccc(F)cc42)C3)C[C@@H]1CC#N. The lowest BCUT2D eigenvalue weighted by molar-refractivity contribution is -0.128. The van der Waals surface area contributed by atoms with Crippen LogP contribution >= 0.6 is 0 Å². The molecule has 0 saturated carbocycles. The van der Waals surface area contributed by atoms with Gasteiger partial charge in [0.2, 0.25) is 17.8 Å². The average molecular weight is 587 g/mol. The predicted molar refractivity (Wildman–Crippen MR) is 162 cm³/mol. The van der Waals surface area contributed by atoms with Crippen LogP contribution in [0.15, 0.2) is 30.9 Å². The molecule has 11 heteroatoms. The number of halogens is 1. The molecule has 0 N–H and O–H groups in total. The second-order valence-electron chi connectivity index (χ2n) is 12.3. The van der Waals surface area contributed by atoms with Crippen LogP contribution in [0.1, 0.15) is 42.5 Å². The Morgan fingerprint density at radius 1 is 1.14 bits per heavy atom. The highest BCUT2D eigenvalue weighted by atomic mass is 19.1. The van der Waals surface area contributed by atoms with Crippen LogP contribution in [0.5, 0.6) is 0 Å². The van der Waals surface area contributed by atoms with E-state index in [1.54, 1.807) is 11.0 Å². The molecule has 2 amide bonds. The zero-order chi connectivity index (χ0) is 30.2. The Hall–Kier alpha value is -4.04. The molecular formula is C32H39FN8O2. The summed E-state index contributed by atoms with van der Waals surface area (Å²) >= 11 is 0. The molecule has 0 radical (unpaired) electrons. The van der Waals surface area contributed by atoms with Crippen molar-refractivity contribution in [2.75, 3.05) is 61.5 Å². The summed E-state index contributed by atoms with van der Waals surface area (Å²) in [7, 11) is 4.18. The van der Waals surface area contributed by atoms with Crippen molar-refractivity contribution >= 4 is 29.3 Å². The van der Waals surface area contributed by atoms with E-state index >= 15 is 0 Å². The lowest BCUT2D eigenvalue weighted by Crippen LogP contribution is -2.55. The van der Waals surface area contributed by atoms with Crippen LogP contribution in [0, 0.1) is 17.1 Å². The van der Waals surface area contributed by atoms with Crippen molar-refractivity contribution in [3.63, 3.8) is 0 Å². The minimum Gasteiger partial charge on any atom is -0.352 e. The minimum atomic E-state index is -0.341. The van der Waals surface area contributed by atoms with Crippen LogP contribution < -0.4 is 14.7 Å². The molecule has 4 aliphatic rings. The van der Waals surface area contributed by atoms with E-state index < -0.39 is 0 Å². The maximum Gasteiger partial charge on any atom is 0.246 e. The second kappa shape index (κ2) is 11.9. The van der Waals surface area contributed by atoms with Crippen LogP contribution in [0.4, 0.5) is 21.8 Å². The summed E-state index contributed by atoms with van der Waals surface area (Å²) < 4.78 is 14.3. The van der Waals surface area contributed by atoms with Gasteiger partial charge in [-0.2, -0.15) is 10.2 Å². The van der Waals surface area contributed by atoms with Crippen molar-refractivity contribution in [3.05, 3.63) is 53.5 Å². The molecule has 4 heterocycles. The van der Waals surface area contributed by atoms with Gasteiger partial charge < -0.3 is 24.5 Å². The molecule has 10 nitrogen and oxygen atoms in total. The minimum absolute atomic E-state index is 0.0248. The largest absolute Gasteiger partial charge is 0.352 e. The van der Waals surface area contributed by atoms with E-state index in [1.165, 1.54) is 18.2 Å². The number of nitriles is 1. The molecule has 1 aromatic heterocycles. The third-order valence-electron chi connectivity index (χ3n) is 9.51. The Kier molecular flexibility index (Phi) is 8.05. The van der Waals surface area contributed by atoms with E-state index in [0.717, 1.165) is 42.1 Å². The van der Waals surface area contributed by atoms with E-state index in [4.69, 9.17) is 9.97 Å².